The van der Waals surface area contributed by atoms with Gasteiger partial charge in [-0.15, -0.1) is 13.2 Å². The van der Waals surface area contributed by atoms with Crippen molar-refractivity contribution in [3.05, 3.63) is 94.3 Å². The molecule has 0 amide bonds. The number of aryl methyl sites for hydroxylation is 1. The van der Waals surface area contributed by atoms with Crippen LogP contribution in [0, 0.1) is 29.2 Å². The zero-order chi connectivity index (χ0) is 31.3. The van der Waals surface area contributed by atoms with Crippen LogP contribution in [0.5, 0.6) is 5.75 Å². The van der Waals surface area contributed by atoms with Gasteiger partial charge in [-0.05, 0) is 97.7 Å². The van der Waals surface area contributed by atoms with E-state index in [4.69, 9.17) is 0 Å². The van der Waals surface area contributed by atoms with Crippen LogP contribution in [0.3, 0.4) is 0 Å². The second-order valence-electron chi connectivity index (χ2n) is 10.9. The van der Waals surface area contributed by atoms with Crippen molar-refractivity contribution in [1.29, 1.82) is 0 Å². The summed E-state index contributed by atoms with van der Waals surface area (Å²) in [5.41, 5.74) is 0.933. The third kappa shape index (κ3) is 8.36. The molecule has 1 aliphatic rings. The van der Waals surface area contributed by atoms with Crippen LogP contribution in [-0.4, -0.2) is 6.36 Å². The highest BCUT2D eigenvalue weighted by Gasteiger charge is 2.34. The molecule has 43 heavy (non-hydrogen) atoms. The van der Waals surface area contributed by atoms with E-state index in [2.05, 4.69) is 4.74 Å². The van der Waals surface area contributed by atoms with Gasteiger partial charge in [0.15, 0.2) is 17.5 Å². The number of allylic oxidation sites excluding steroid dienone is 1. The maximum absolute atomic E-state index is 15.2. The summed E-state index contributed by atoms with van der Waals surface area (Å²) in [5.74, 6) is -7.83. The lowest BCUT2D eigenvalue weighted by atomic mass is 9.76. The molecule has 3 aromatic rings. The Morgan fingerprint density at radius 2 is 1.37 bits per heavy atom. The molecule has 0 unspecified atom stereocenters. The van der Waals surface area contributed by atoms with Crippen LogP contribution in [-0.2, 0) is 6.42 Å². The molecule has 0 spiro atoms. The second-order valence-corrected chi connectivity index (χ2v) is 10.9. The Morgan fingerprint density at radius 3 is 1.91 bits per heavy atom. The van der Waals surface area contributed by atoms with Crippen molar-refractivity contribution in [2.45, 2.75) is 77.0 Å². The minimum absolute atomic E-state index is 0.00181. The fourth-order valence-corrected chi connectivity index (χ4v) is 5.63. The number of unbranched alkanes of at least 4 members (excludes halogenated alkanes) is 1. The van der Waals surface area contributed by atoms with Gasteiger partial charge in [0.2, 0.25) is 5.75 Å². The third-order valence-corrected chi connectivity index (χ3v) is 7.91. The summed E-state index contributed by atoms with van der Waals surface area (Å²) in [6, 6.07) is 9.78. The molecule has 1 nitrogen and oxygen atoms in total. The van der Waals surface area contributed by atoms with E-state index < -0.39 is 47.0 Å². The first kappa shape index (κ1) is 32.5. The number of rotatable bonds is 10. The second kappa shape index (κ2) is 13.9. The fraction of sp³-hybridized carbons (Fsp3) is 0.394. The summed E-state index contributed by atoms with van der Waals surface area (Å²) in [6.07, 6.45) is -1.05. The van der Waals surface area contributed by atoms with Crippen LogP contribution in [0.2, 0.25) is 0 Å². The van der Waals surface area contributed by atoms with Crippen LogP contribution in [0.4, 0.5) is 39.5 Å². The lowest BCUT2D eigenvalue weighted by Crippen LogP contribution is -2.19. The zero-order valence-electron chi connectivity index (χ0n) is 23.4. The molecule has 0 bridgehead atoms. The highest BCUT2D eigenvalue weighted by Crippen LogP contribution is 2.41. The molecule has 1 aliphatic carbocycles. The van der Waals surface area contributed by atoms with Crippen molar-refractivity contribution in [3.8, 4) is 16.9 Å². The standard InChI is InChI=1S/C33H31F9O/c1-2-3-4-25(34)31(39)23-13-11-21(12-14-23)24-17-26(35)30(27(36)18-24)22-9-7-19(8-10-22)5-6-20-15-28(37)32(29(38)16-20)43-33(40,41)42/h11-19,22H,2-10H2,1H3/b31-25+. The van der Waals surface area contributed by atoms with Gasteiger partial charge < -0.3 is 4.74 Å². The van der Waals surface area contributed by atoms with Crippen molar-refractivity contribution >= 4 is 5.83 Å². The monoisotopic (exact) mass is 614 g/mol. The molecule has 0 aromatic heterocycles. The Hall–Kier alpha value is -3.43. The number of halogens is 9. The molecule has 0 radical (unpaired) electrons. The molecule has 0 heterocycles. The highest BCUT2D eigenvalue weighted by atomic mass is 19.4. The maximum atomic E-state index is 15.2. The Morgan fingerprint density at radius 1 is 0.791 bits per heavy atom. The molecule has 232 valence electrons. The maximum Gasteiger partial charge on any atom is 0.573 e. The van der Waals surface area contributed by atoms with E-state index in [-0.39, 0.29) is 46.9 Å². The van der Waals surface area contributed by atoms with E-state index in [0.29, 0.717) is 44.1 Å². The van der Waals surface area contributed by atoms with E-state index in [1.807, 2.05) is 6.92 Å². The van der Waals surface area contributed by atoms with Gasteiger partial charge in [0, 0.05) is 17.5 Å². The molecule has 0 aliphatic heterocycles. The average molecular weight is 615 g/mol. The number of hydrogen-bond acceptors (Lipinski definition) is 1. The minimum atomic E-state index is -5.22. The smallest absolute Gasteiger partial charge is 0.399 e. The normalized spacial score (nSPS) is 18.0. The topological polar surface area (TPSA) is 9.23 Å². The van der Waals surface area contributed by atoms with Crippen molar-refractivity contribution in [2.75, 3.05) is 0 Å². The van der Waals surface area contributed by atoms with Gasteiger partial charge in [0.05, 0.1) is 0 Å². The predicted molar refractivity (Wildman–Crippen MR) is 147 cm³/mol. The van der Waals surface area contributed by atoms with Gasteiger partial charge in [0.1, 0.15) is 17.5 Å². The summed E-state index contributed by atoms with van der Waals surface area (Å²) in [7, 11) is 0. The SMILES string of the molecule is CCCC/C(F)=C(\F)c1ccc(-c2cc(F)c(C3CCC(CCc4cc(F)c(OC(F)(F)F)c(F)c4)CC3)c(F)c2)cc1. The van der Waals surface area contributed by atoms with Crippen LogP contribution < -0.4 is 4.74 Å². The lowest BCUT2D eigenvalue weighted by Gasteiger charge is -2.29. The van der Waals surface area contributed by atoms with Crippen molar-refractivity contribution in [3.63, 3.8) is 0 Å². The van der Waals surface area contributed by atoms with Crippen LogP contribution in [0.1, 0.15) is 80.9 Å². The molecule has 1 fully saturated rings. The van der Waals surface area contributed by atoms with Gasteiger partial charge in [-0.25, -0.2) is 26.3 Å². The Bertz CT molecular complexity index is 1390. The number of benzene rings is 3. The predicted octanol–water partition coefficient (Wildman–Crippen LogP) is 11.5. The van der Waals surface area contributed by atoms with Crippen molar-refractivity contribution < 1.29 is 44.3 Å². The molecular formula is C33H31F9O. The minimum Gasteiger partial charge on any atom is -0.399 e. The number of ether oxygens (including phenoxy) is 1. The molecule has 10 heteroatoms. The van der Waals surface area contributed by atoms with Gasteiger partial charge >= 0.3 is 6.36 Å². The summed E-state index contributed by atoms with van der Waals surface area (Å²) in [4.78, 5) is 0. The first-order chi connectivity index (χ1) is 20.4. The third-order valence-electron chi connectivity index (χ3n) is 7.91. The van der Waals surface area contributed by atoms with E-state index in [0.717, 1.165) is 18.6 Å². The molecular weight excluding hydrogens is 583 g/mol. The first-order valence-electron chi connectivity index (χ1n) is 14.2. The molecule has 0 N–H and O–H groups in total. The van der Waals surface area contributed by atoms with Crippen molar-refractivity contribution in [1.82, 2.24) is 0 Å². The molecule has 0 atom stereocenters. The zero-order valence-corrected chi connectivity index (χ0v) is 23.4. The van der Waals surface area contributed by atoms with Gasteiger partial charge in [-0.2, -0.15) is 0 Å². The quantitative estimate of drug-likeness (QED) is 0.207. The van der Waals surface area contributed by atoms with E-state index >= 15 is 8.78 Å². The van der Waals surface area contributed by atoms with Gasteiger partial charge in [-0.1, -0.05) is 37.6 Å². The highest BCUT2D eigenvalue weighted by molar-refractivity contribution is 5.69. The number of hydrogen-bond donors (Lipinski definition) is 0. The first-order valence-corrected chi connectivity index (χ1v) is 14.2. The average Bonchev–Trinajstić information content (AvgIpc) is 2.96. The Balaban J connectivity index is 1.36. The summed E-state index contributed by atoms with van der Waals surface area (Å²) >= 11 is 0. The van der Waals surface area contributed by atoms with Gasteiger partial charge in [-0.3, -0.25) is 0 Å². The number of alkyl halides is 3. The van der Waals surface area contributed by atoms with E-state index in [1.54, 1.807) is 0 Å². The largest absolute Gasteiger partial charge is 0.573 e. The summed E-state index contributed by atoms with van der Waals surface area (Å²) < 4.78 is 127. The fourth-order valence-electron chi connectivity index (χ4n) is 5.63. The van der Waals surface area contributed by atoms with Crippen LogP contribution >= 0.6 is 0 Å². The molecule has 0 saturated heterocycles. The molecule has 3 aromatic carbocycles. The summed E-state index contributed by atoms with van der Waals surface area (Å²) in [5, 5.41) is 0. The van der Waals surface area contributed by atoms with E-state index in [1.165, 1.54) is 36.4 Å². The summed E-state index contributed by atoms with van der Waals surface area (Å²) in [6.45, 7) is 1.87. The molecule has 4 rings (SSSR count). The van der Waals surface area contributed by atoms with E-state index in [9.17, 15) is 30.7 Å². The lowest BCUT2D eigenvalue weighted by molar-refractivity contribution is -0.276. The van der Waals surface area contributed by atoms with Crippen LogP contribution in [0.15, 0.2) is 54.4 Å². The Kier molecular flexibility index (Phi) is 10.5. The Labute approximate surface area is 244 Å². The van der Waals surface area contributed by atoms with Crippen LogP contribution in [0.25, 0.3) is 17.0 Å². The van der Waals surface area contributed by atoms with Gasteiger partial charge in [0.25, 0.3) is 0 Å². The molecule has 1 saturated carbocycles. The van der Waals surface area contributed by atoms with Crippen molar-refractivity contribution in [2.24, 2.45) is 5.92 Å².